The molecule has 0 N–H and O–H groups in total. The molecular weight excluding hydrogens is 575 g/mol. The van der Waals surface area contributed by atoms with Crippen molar-refractivity contribution in [1.29, 1.82) is 0 Å². The predicted molar refractivity (Wildman–Crippen MR) is 168 cm³/mol. The lowest BCUT2D eigenvalue weighted by Gasteiger charge is -2.51. The average Bonchev–Trinajstić information content (AvgIpc) is 3.72. The van der Waals surface area contributed by atoms with Gasteiger partial charge in [0.1, 0.15) is 23.0 Å². The van der Waals surface area contributed by atoms with E-state index < -0.39 is 5.54 Å². The Bertz CT molecular complexity index is 1310. The van der Waals surface area contributed by atoms with E-state index >= 15 is 0 Å². The van der Waals surface area contributed by atoms with Crippen LogP contribution in [0.1, 0.15) is 91.4 Å². The summed E-state index contributed by atoms with van der Waals surface area (Å²) in [5.74, 6) is 1.89. The zero-order valence-corrected chi connectivity index (χ0v) is 26.8. The highest BCUT2D eigenvalue weighted by Crippen LogP contribution is 2.46. The first-order valence-electron chi connectivity index (χ1n) is 15.4. The van der Waals surface area contributed by atoms with Crippen molar-refractivity contribution >= 4 is 58.0 Å². The molecule has 42 heavy (non-hydrogen) atoms. The molecule has 2 fully saturated rings. The third kappa shape index (κ3) is 5.19. The summed E-state index contributed by atoms with van der Waals surface area (Å²) < 4.78 is 0. The van der Waals surface area contributed by atoms with Gasteiger partial charge in [0.25, 0.3) is 5.91 Å². The van der Waals surface area contributed by atoms with E-state index in [0.717, 1.165) is 68.0 Å². The number of carbonyl (C=O) groups excluding carboxylic acids is 2. The number of amides is 2. The second-order valence-electron chi connectivity index (χ2n) is 11.8. The molecule has 0 saturated heterocycles. The molecule has 228 valence electrons. The lowest BCUT2D eigenvalue weighted by molar-refractivity contribution is -0.124. The van der Waals surface area contributed by atoms with Crippen LogP contribution in [0.5, 0.6) is 0 Å². The molecule has 2 aliphatic heterocycles. The summed E-state index contributed by atoms with van der Waals surface area (Å²) in [5.41, 5.74) is 1.00. The molecule has 1 atom stereocenters. The fraction of sp³-hybridized carbons (Fsp3) is 0.667. The van der Waals surface area contributed by atoms with Crippen molar-refractivity contribution < 1.29 is 9.59 Å². The van der Waals surface area contributed by atoms with Gasteiger partial charge in [-0.2, -0.15) is 9.97 Å². The second kappa shape index (κ2) is 12.5. The van der Waals surface area contributed by atoms with Gasteiger partial charge in [-0.05, 0) is 68.1 Å². The summed E-state index contributed by atoms with van der Waals surface area (Å²) in [7, 11) is 3.59. The maximum atomic E-state index is 13.1. The van der Waals surface area contributed by atoms with Gasteiger partial charge >= 0.3 is 0 Å². The van der Waals surface area contributed by atoms with Crippen molar-refractivity contribution in [3.63, 3.8) is 0 Å². The quantitative estimate of drug-likeness (QED) is 0.374. The number of carbonyl (C=O) groups is 2. The van der Waals surface area contributed by atoms with Crippen LogP contribution in [0, 0.1) is 0 Å². The smallest absolute Gasteiger partial charge is 0.252 e. The zero-order chi connectivity index (χ0) is 30.2. The Labute approximate surface area is 258 Å². The Hall–Kier alpha value is -2.72. The number of hydrogen-bond donors (Lipinski definition) is 0. The van der Waals surface area contributed by atoms with E-state index in [4.69, 9.17) is 23.2 Å². The maximum absolute atomic E-state index is 13.1. The van der Waals surface area contributed by atoms with Crippen LogP contribution in [0.2, 0.25) is 10.6 Å². The Kier molecular flexibility index (Phi) is 9.13. The van der Waals surface area contributed by atoms with Crippen molar-refractivity contribution in [2.75, 3.05) is 33.7 Å². The van der Waals surface area contributed by atoms with E-state index in [-0.39, 0.29) is 28.4 Å². The van der Waals surface area contributed by atoms with E-state index in [1.807, 2.05) is 14.0 Å². The van der Waals surface area contributed by atoms with Gasteiger partial charge in [-0.1, -0.05) is 46.5 Å². The highest BCUT2D eigenvalue weighted by Gasteiger charge is 2.51. The van der Waals surface area contributed by atoms with Crippen molar-refractivity contribution in [3.05, 3.63) is 23.0 Å². The minimum absolute atomic E-state index is 0.123. The predicted octanol–water partition coefficient (Wildman–Crippen LogP) is 6.05. The molecule has 0 spiro atoms. The summed E-state index contributed by atoms with van der Waals surface area (Å²) in [6.45, 7) is 6.22. The van der Waals surface area contributed by atoms with Gasteiger partial charge in [-0.25, -0.2) is 9.97 Å². The van der Waals surface area contributed by atoms with Crippen LogP contribution in [0.15, 0.2) is 12.4 Å². The lowest BCUT2D eigenvalue weighted by atomic mass is 9.84. The van der Waals surface area contributed by atoms with Crippen molar-refractivity contribution in [2.24, 2.45) is 0 Å². The maximum Gasteiger partial charge on any atom is 0.252 e. The number of hydrogen-bond acceptors (Lipinski definition) is 8. The van der Waals surface area contributed by atoms with Gasteiger partial charge in [-0.3, -0.25) is 9.59 Å². The summed E-state index contributed by atoms with van der Waals surface area (Å²) in [6.07, 6.45) is 14.9. The molecule has 0 radical (unpaired) electrons. The normalized spacial score (nSPS) is 22.3. The number of aromatic nitrogens is 4. The van der Waals surface area contributed by atoms with Crippen LogP contribution in [0.25, 0.3) is 0 Å². The van der Waals surface area contributed by atoms with Gasteiger partial charge in [0.2, 0.25) is 16.5 Å². The van der Waals surface area contributed by atoms with E-state index in [2.05, 4.69) is 43.6 Å². The van der Waals surface area contributed by atoms with Gasteiger partial charge in [0.05, 0.1) is 12.4 Å². The molecule has 2 amide bonds. The molecule has 2 aromatic heterocycles. The molecule has 4 aliphatic rings. The summed E-state index contributed by atoms with van der Waals surface area (Å²) in [5, 5.41) is 0.481. The molecule has 2 aromatic rings. The van der Waals surface area contributed by atoms with Gasteiger partial charge in [0.15, 0.2) is 11.6 Å². The molecule has 6 rings (SSSR count). The van der Waals surface area contributed by atoms with E-state index in [1.54, 1.807) is 29.2 Å². The molecule has 0 unspecified atom stereocenters. The first-order valence-corrected chi connectivity index (χ1v) is 16.1. The number of halogens is 2. The van der Waals surface area contributed by atoms with Crippen molar-refractivity contribution in [3.8, 4) is 0 Å². The molecule has 10 nitrogen and oxygen atoms in total. The SMILES string of the molecule is CCC1(CC)C(=O)N(C)c2cnc(Cl)nc2N1C1CCCC1.CC[C@H]1C(=O)N(C)c2cnc(Cl)nc2N1C1CCCC1. The van der Waals surface area contributed by atoms with Gasteiger partial charge < -0.3 is 19.6 Å². The van der Waals surface area contributed by atoms with Crippen LogP contribution >= 0.6 is 23.2 Å². The van der Waals surface area contributed by atoms with E-state index in [9.17, 15) is 9.59 Å². The summed E-state index contributed by atoms with van der Waals surface area (Å²) in [4.78, 5) is 50.5. The summed E-state index contributed by atoms with van der Waals surface area (Å²) >= 11 is 12.0. The number of fused-ring (bicyclic) bond motifs is 2. The van der Waals surface area contributed by atoms with Crippen molar-refractivity contribution in [1.82, 2.24) is 19.9 Å². The van der Waals surface area contributed by atoms with Crippen LogP contribution < -0.4 is 19.6 Å². The topological polar surface area (TPSA) is 98.7 Å². The molecule has 2 aliphatic carbocycles. The zero-order valence-electron chi connectivity index (χ0n) is 25.3. The molecule has 0 bridgehead atoms. The number of likely N-dealkylation sites (N-methyl/N-ethyl adjacent to an activating group) is 2. The van der Waals surface area contributed by atoms with Crippen molar-refractivity contribution in [2.45, 2.75) is 115 Å². The third-order valence-corrected chi connectivity index (χ3v) is 10.1. The van der Waals surface area contributed by atoms with Crippen LogP contribution in [0.4, 0.5) is 23.0 Å². The van der Waals surface area contributed by atoms with Crippen LogP contribution in [-0.2, 0) is 9.59 Å². The van der Waals surface area contributed by atoms with Gasteiger partial charge in [0, 0.05) is 26.2 Å². The molecule has 12 heteroatoms. The standard InChI is InChI=1S/C16H23ClN4O.C14H19ClN4O/c1-4-16(5-2)14(22)20(3)12-10-18-15(17)19-13(12)21(16)11-8-6-7-9-11;1-3-10-13(20)18(2)11-8-16-14(15)17-12(11)19(10)9-6-4-5-7-9/h10-11H,4-9H2,1-3H3;8-10H,3-7H2,1-2H3/t;10-/m.0/s1. The number of rotatable bonds is 5. The first-order chi connectivity index (χ1) is 20.2. The highest BCUT2D eigenvalue weighted by molar-refractivity contribution is 6.28. The van der Waals surface area contributed by atoms with Crippen LogP contribution in [0.3, 0.4) is 0 Å². The van der Waals surface area contributed by atoms with E-state index in [0.29, 0.717) is 12.1 Å². The fourth-order valence-electron chi connectivity index (χ4n) is 7.43. The van der Waals surface area contributed by atoms with E-state index in [1.165, 1.54) is 25.7 Å². The summed E-state index contributed by atoms with van der Waals surface area (Å²) in [6, 6.07) is 0.617. The van der Waals surface area contributed by atoms with Crippen LogP contribution in [-0.4, -0.2) is 69.5 Å². The Morgan fingerprint density at radius 3 is 1.81 bits per heavy atom. The molecule has 2 saturated carbocycles. The highest BCUT2D eigenvalue weighted by atomic mass is 35.5. The monoisotopic (exact) mass is 616 g/mol. The molecular formula is C30H42Cl2N8O2. The Balaban J connectivity index is 0.000000169. The minimum atomic E-state index is -0.519. The number of anilines is 4. The largest absolute Gasteiger partial charge is 0.340 e. The average molecular weight is 618 g/mol. The van der Waals surface area contributed by atoms with Gasteiger partial charge in [-0.15, -0.1) is 0 Å². The Morgan fingerprint density at radius 1 is 0.786 bits per heavy atom. The first kappa shape index (κ1) is 30.7. The molecule has 0 aromatic carbocycles. The lowest BCUT2D eigenvalue weighted by Crippen LogP contribution is -2.65. The second-order valence-corrected chi connectivity index (χ2v) is 12.4. The molecule has 4 heterocycles. The number of nitrogens with zero attached hydrogens (tertiary/aromatic N) is 8. The minimum Gasteiger partial charge on any atom is -0.340 e. The Morgan fingerprint density at radius 2 is 1.29 bits per heavy atom. The fourth-order valence-corrected chi connectivity index (χ4v) is 7.68. The third-order valence-electron chi connectivity index (χ3n) is 9.72.